The molecule has 0 aliphatic carbocycles. The maximum Gasteiger partial charge on any atom is 0.261 e. The van der Waals surface area contributed by atoms with Crippen LogP contribution in [0.5, 0.6) is 5.75 Å². The number of carbonyl (C=O) groups is 2. The standard InChI is InChI=1S/C23H28ClFN2O3/c1-5-20(22(29)26-23(2,3)4)27(14-16-6-8-17(24)9-7-16)21(28)15-30-19-12-10-18(25)11-13-19/h6-13,20H,5,14-15H2,1-4H3,(H,26,29)/t20-/m0/s1. The average Bonchev–Trinajstić information content (AvgIpc) is 2.67. The van der Waals surface area contributed by atoms with Crippen molar-refractivity contribution in [1.82, 2.24) is 10.2 Å². The summed E-state index contributed by atoms with van der Waals surface area (Å²) in [5.74, 6) is -0.578. The molecule has 7 heteroatoms. The van der Waals surface area contributed by atoms with Gasteiger partial charge in [0, 0.05) is 17.1 Å². The number of ether oxygens (including phenoxy) is 1. The minimum atomic E-state index is -0.663. The first-order valence-electron chi connectivity index (χ1n) is 9.83. The summed E-state index contributed by atoms with van der Waals surface area (Å²) in [6.07, 6.45) is 0.442. The summed E-state index contributed by atoms with van der Waals surface area (Å²) in [5.41, 5.74) is 0.418. The molecular weight excluding hydrogens is 407 g/mol. The summed E-state index contributed by atoms with van der Waals surface area (Å²) in [7, 11) is 0. The molecule has 1 atom stereocenters. The van der Waals surface area contributed by atoms with Gasteiger partial charge in [0.2, 0.25) is 5.91 Å². The van der Waals surface area contributed by atoms with Crippen molar-refractivity contribution < 1.29 is 18.7 Å². The van der Waals surface area contributed by atoms with E-state index in [1.165, 1.54) is 29.2 Å². The van der Waals surface area contributed by atoms with Crippen molar-refractivity contribution in [3.8, 4) is 5.75 Å². The van der Waals surface area contributed by atoms with Crippen molar-refractivity contribution in [3.63, 3.8) is 0 Å². The van der Waals surface area contributed by atoms with Crippen LogP contribution in [-0.4, -0.2) is 34.9 Å². The van der Waals surface area contributed by atoms with Crippen molar-refractivity contribution in [3.05, 3.63) is 64.9 Å². The van der Waals surface area contributed by atoms with E-state index in [0.717, 1.165) is 5.56 Å². The van der Waals surface area contributed by atoms with Crippen LogP contribution in [0, 0.1) is 5.82 Å². The lowest BCUT2D eigenvalue weighted by atomic mass is 10.1. The fraction of sp³-hybridized carbons (Fsp3) is 0.391. The van der Waals surface area contributed by atoms with Crippen molar-refractivity contribution in [2.24, 2.45) is 0 Å². The molecule has 0 radical (unpaired) electrons. The molecule has 30 heavy (non-hydrogen) atoms. The lowest BCUT2D eigenvalue weighted by Crippen LogP contribution is -2.54. The Morgan fingerprint density at radius 2 is 1.70 bits per heavy atom. The van der Waals surface area contributed by atoms with Gasteiger partial charge < -0.3 is 15.0 Å². The molecule has 0 unspecified atom stereocenters. The summed E-state index contributed by atoms with van der Waals surface area (Å²) in [5, 5.41) is 3.54. The monoisotopic (exact) mass is 434 g/mol. The van der Waals surface area contributed by atoms with E-state index in [2.05, 4.69) is 5.32 Å². The normalized spacial score (nSPS) is 12.2. The van der Waals surface area contributed by atoms with Crippen molar-refractivity contribution in [2.45, 2.75) is 52.2 Å². The molecule has 0 fully saturated rings. The van der Waals surface area contributed by atoms with E-state index in [1.807, 2.05) is 39.8 Å². The smallest absolute Gasteiger partial charge is 0.261 e. The van der Waals surface area contributed by atoms with Crippen LogP contribution in [0.1, 0.15) is 39.7 Å². The topological polar surface area (TPSA) is 58.6 Å². The molecule has 1 N–H and O–H groups in total. The SMILES string of the molecule is CC[C@@H](C(=O)NC(C)(C)C)N(Cc1ccc(Cl)cc1)C(=O)COc1ccc(F)cc1. The number of nitrogens with one attached hydrogen (secondary N) is 1. The van der Waals surface area contributed by atoms with Crippen LogP contribution in [0.25, 0.3) is 0 Å². The molecule has 0 spiro atoms. The van der Waals surface area contributed by atoms with Gasteiger partial charge in [0.15, 0.2) is 6.61 Å². The third kappa shape index (κ3) is 7.34. The van der Waals surface area contributed by atoms with Gasteiger partial charge in [0.05, 0.1) is 0 Å². The van der Waals surface area contributed by atoms with Crippen LogP contribution in [0.15, 0.2) is 48.5 Å². The number of halogens is 2. The highest BCUT2D eigenvalue weighted by Crippen LogP contribution is 2.17. The molecule has 0 heterocycles. The van der Waals surface area contributed by atoms with Gasteiger partial charge in [-0.3, -0.25) is 9.59 Å². The average molecular weight is 435 g/mol. The van der Waals surface area contributed by atoms with Gasteiger partial charge in [0.25, 0.3) is 5.91 Å². The van der Waals surface area contributed by atoms with Crippen LogP contribution in [0.2, 0.25) is 5.02 Å². The number of amides is 2. The summed E-state index contributed by atoms with van der Waals surface area (Å²) in [6, 6.07) is 11.9. The molecular formula is C23H28ClFN2O3. The maximum absolute atomic E-state index is 13.1. The second kappa shape index (κ2) is 10.4. The second-order valence-corrected chi connectivity index (χ2v) is 8.49. The molecule has 0 aromatic heterocycles. The number of rotatable bonds is 8. The number of carbonyl (C=O) groups excluding carboxylic acids is 2. The zero-order valence-electron chi connectivity index (χ0n) is 17.7. The van der Waals surface area contributed by atoms with E-state index in [-0.39, 0.29) is 30.8 Å². The highest BCUT2D eigenvalue weighted by Gasteiger charge is 2.30. The lowest BCUT2D eigenvalue weighted by molar-refractivity contribution is -0.143. The van der Waals surface area contributed by atoms with Crippen LogP contribution >= 0.6 is 11.6 Å². The predicted molar refractivity (Wildman–Crippen MR) is 116 cm³/mol. The van der Waals surface area contributed by atoms with Gasteiger partial charge >= 0.3 is 0 Å². The van der Waals surface area contributed by atoms with Crippen molar-refractivity contribution in [1.29, 1.82) is 0 Å². The molecule has 0 saturated heterocycles. The number of hydrogen-bond acceptors (Lipinski definition) is 3. The van der Waals surface area contributed by atoms with Gasteiger partial charge in [-0.2, -0.15) is 0 Å². The van der Waals surface area contributed by atoms with Crippen LogP contribution < -0.4 is 10.1 Å². The first-order valence-corrected chi connectivity index (χ1v) is 10.2. The zero-order valence-corrected chi connectivity index (χ0v) is 18.5. The van der Waals surface area contributed by atoms with Gasteiger partial charge in [-0.25, -0.2) is 4.39 Å². The number of nitrogens with zero attached hydrogens (tertiary/aromatic N) is 1. The Kier molecular flexibility index (Phi) is 8.24. The van der Waals surface area contributed by atoms with Gasteiger partial charge in [-0.05, 0) is 69.2 Å². The van der Waals surface area contributed by atoms with E-state index < -0.39 is 11.6 Å². The van der Waals surface area contributed by atoms with Crippen LogP contribution in [0.4, 0.5) is 4.39 Å². The second-order valence-electron chi connectivity index (χ2n) is 8.05. The van der Waals surface area contributed by atoms with E-state index in [1.54, 1.807) is 12.1 Å². The van der Waals surface area contributed by atoms with Crippen LogP contribution in [-0.2, 0) is 16.1 Å². The molecule has 162 valence electrons. The fourth-order valence-corrected chi connectivity index (χ4v) is 3.04. The van der Waals surface area contributed by atoms with Crippen molar-refractivity contribution >= 4 is 23.4 Å². The Bertz CT molecular complexity index is 848. The number of hydrogen-bond donors (Lipinski definition) is 1. The highest BCUT2D eigenvalue weighted by atomic mass is 35.5. The predicted octanol–water partition coefficient (Wildman–Crippen LogP) is 4.58. The first-order chi connectivity index (χ1) is 14.1. The summed E-state index contributed by atoms with van der Waals surface area (Å²) in [6.45, 7) is 7.50. The summed E-state index contributed by atoms with van der Waals surface area (Å²) >= 11 is 5.96. The molecule has 0 bridgehead atoms. The Morgan fingerprint density at radius 3 is 2.23 bits per heavy atom. The molecule has 0 aliphatic rings. The molecule has 0 saturated carbocycles. The number of benzene rings is 2. The van der Waals surface area contributed by atoms with Gasteiger partial charge in [-0.1, -0.05) is 30.7 Å². The van der Waals surface area contributed by atoms with E-state index >= 15 is 0 Å². The Balaban J connectivity index is 2.21. The molecule has 2 aromatic carbocycles. The summed E-state index contributed by atoms with van der Waals surface area (Å²) < 4.78 is 18.6. The minimum Gasteiger partial charge on any atom is -0.484 e. The molecule has 2 rings (SSSR count). The highest BCUT2D eigenvalue weighted by molar-refractivity contribution is 6.30. The largest absolute Gasteiger partial charge is 0.484 e. The zero-order chi connectivity index (χ0) is 22.3. The molecule has 5 nitrogen and oxygen atoms in total. The minimum absolute atomic E-state index is 0.228. The van der Waals surface area contributed by atoms with Crippen molar-refractivity contribution in [2.75, 3.05) is 6.61 Å². The van der Waals surface area contributed by atoms with Crippen LogP contribution in [0.3, 0.4) is 0 Å². The Labute approximate surface area is 182 Å². The molecule has 0 aliphatic heterocycles. The third-order valence-corrected chi connectivity index (χ3v) is 4.58. The van der Waals surface area contributed by atoms with Gasteiger partial charge in [0.1, 0.15) is 17.6 Å². The quantitative estimate of drug-likeness (QED) is 0.661. The lowest BCUT2D eigenvalue weighted by Gasteiger charge is -2.33. The summed E-state index contributed by atoms with van der Waals surface area (Å²) in [4.78, 5) is 27.4. The Hall–Kier alpha value is -2.60. The fourth-order valence-electron chi connectivity index (χ4n) is 2.92. The first kappa shape index (κ1) is 23.7. The molecule has 2 amide bonds. The van der Waals surface area contributed by atoms with Gasteiger partial charge in [-0.15, -0.1) is 0 Å². The maximum atomic E-state index is 13.1. The van der Waals surface area contributed by atoms with E-state index in [4.69, 9.17) is 16.3 Å². The molecule has 2 aromatic rings. The van der Waals surface area contributed by atoms with E-state index in [9.17, 15) is 14.0 Å². The Morgan fingerprint density at radius 1 is 1.10 bits per heavy atom. The third-order valence-electron chi connectivity index (χ3n) is 4.33. The van der Waals surface area contributed by atoms with E-state index in [0.29, 0.717) is 17.2 Å².